The van der Waals surface area contributed by atoms with Gasteiger partial charge in [0, 0.05) is 17.4 Å². The average Bonchev–Trinajstić information content (AvgIpc) is 2.52. The number of anilines is 2. The molecule has 23 heavy (non-hydrogen) atoms. The van der Waals surface area contributed by atoms with Crippen molar-refractivity contribution in [3.8, 4) is 5.75 Å². The summed E-state index contributed by atoms with van der Waals surface area (Å²) in [5.74, 6) is 0.181. The van der Waals surface area contributed by atoms with Crippen molar-refractivity contribution in [2.75, 3.05) is 24.3 Å². The Morgan fingerprint density at radius 1 is 1.09 bits per heavy atom. The molecular weight excluding hydrogens is 309 g/mol. The summed E-state index contributed by atoms with van der Waals surface area (Å²) in [6, 6.07) is 11.5. The molecule has 2 aromatic carbocycles. The van der Waals surface area contributed by atoms with Crippen molar-refractivity contribution in [3.05, 3.63) is 54.1 Å². The minimum absolute atomic E-state index is 0.0799. The Bertz CT molecular complexity index is 687. The van der Waals surface area contributed by atoms with Crippen LogP contribution in [0.25, 0.3) is 0 Å². The van der Waals surface area contributed by atoms with E-state index in [2.05, 4.69) is 10.6 Å². The van der Waals surface area contributed by atoms with Crippen molar-refractivity contribution < 1.29 is 22.7 Å². The first-order valence-corrected chi connectivity index (χ1v) is 6.73. The summed E-state index contributed by atoms with van der Waals surface area (Å²) in [7, 11) is 1.53. The molecule has 0 aliphatic heterocycles. The molecule has 0 saturated carbocycles. The molecule has 0 aliphatic rings. The Morgan fingerprint density at radius 2 is 1.78 bits per heavy atom. The van der Waals surface area contributed by atoms with E-state index in [1.165, 1.54) is 19.2 Å². The molecule has 1 amide bonds. The van der Waals surface area contributed by atoms with Crippen LogP contribution in [-0.2, 0) is 11.0 Å². The molecule has 2 N–H and O–H groups in total. The van der Waals surface area contributed by atoms with Crippen LogP contribution in [-0.4, -0.2) is 19.6 Å². The molecule has 0 aliphatic carbocycles. The van der Waals surface area contributed by atoms with E-state index < -0.39 is 17.6 Å². The number of alkyl halides is 3. The van der Waals surface area contributed by atoms with Crippen molar-refractivity contribution >= 4 is 17.3 Å². The maximum Gasteiger partial charge on any atom is 0.416 e. The number of rotatable bonds is 5. The summed E-state index contributed by atoms with van der Waals surface area (Å²) in [4.78, 5) is 11.8. The lowest BCUT2D eigenvalue weighted by Gasteiger charge is -2.11. The largest absolute Gasteiger partial charge is 0.497 e. The fourth-order valence-corrected chi connectivity index (χ4v) is 1.89. The highest BCUT2D eigenvalue weighted by Gasteiger charge is 2.30. The normalized spacial score (nSPS) is 11.0. The summed E-state index contributed by atoms with van der Waals surface area (Å²) in [5.41, 5.74) is -0.0446. The van der Waals surface area contributed by atoms with Gasteiger partial charge in [-0.25, -0.2) is 0 Å². The van der Waals surface area contributed by atoms with Crippen molar-refractivity contribution in [2.24, 2.45) is 0 Å². The molecule has 0 aromatic heterocycles. The molecule has 0 unspecified atom stereocenters. The van der Waals surface area contributed by atoms with Gasteiger partial charge in [0.25, 0.3) is 0 Å². The van der Waals surface area contributed by atoms with E-state index in [0.29, 0.717) is 11.4 Å². The monoisotopic (exact) mass is 324 g/mol. The number of hydrogen-bond donors (Lipinski definition) is 2. The third-order valence-electron chi connectivity index (χ3n) is 3.00. The van der Waals surface area contributed by atoms with Gasteiger partial charge in [0.1, 0.15) is 5.75 Å². The van der Waals surface area contributed by atoms with Gasteiger partial charge < -0.3 is 15.4 Å². The molecule has 0 atom stereocenters. The number of carbonyl (C=O) groups is 1. The first-order valence-electron chi connectivity index (χ1n) is 6.73. The van der Waals surface area contributed by atoms with Crippen LogP contribution in [0.1, 0.15) is 5.56 Å². The van der Waals surface area contributed by atoms with E-state index in [4.69, 9.17) is 4.74 Å². The van der Waals surface area contributed by atoms with E-state index in [-0.39, 0.29) is 12.2 Å². The van der Waals surface area contributed by atoms with E-state index in [0.717, 1.165) is 12.1 Å². The molecule has 2 aromatic rings. The second-order valence-electron chi connectivity index (χ2n) is 4.71. The van der Waals surface area contributed by atoms with E-state index in [9.17, 15) is 18.0 Å². The molecule has 0 saturated heterocycles. The minimum atomic E-state index is -4.44. The second-order valence-corrected chi connectivity index (χ2v) is 4.71. The van der Waals surface area contributed by atoms with Crippen molar-refractivity contribution in [2.45, 2.75) is 6.18 Å². The third kappa shape index (κ3) is 4.91. The zero-order chi connectivity index (χ0) is 16.9. The highest BCUT2D eigenvalue weighted by molar-refractivity contribution is 5.93. The van der Waals surface area contributed by atoms with Crippen LogP contribution in [0.4, 0.5) is 24.5 Å². The molecule has 0 heterocycles. The predicted molar refractivity (Wildman–Crippen MR) is 81.6 cm³/mol. The Labute approximate surface area is 131 Å². The standard InChI is InChI=1S/C16H15F3N2O2/c1-23-14-7-3-5-12(9-14)20-10-15(22)21-13-6-2-4-11(8-13)16(17,18)19/h2-9,20H,10H2,1H3,(H,21,22). The van der Waals surface area contributed by atoms with Gasteiger partial charge >= 0.3 is 6.18 Å². The van der Waals surface area contributed by atoms with Crippen LogP contribution in [0, 0.1) is 0 Å². The number of carbonyl (C=O) groups excluding carboxylic acids is 1. The SMILES string of the molecule is COc1cccc(NCC(=O)Nc2cccc(C(F)(F)F)c2)c1. The minimum Gasteiger partial charge on any atom is -0.497 e. The van der Waals surface area contributed by atoms with Gasteiger partial charge in [-0.3, -0.25) is 4.79 Å². The summed E-state index contributed by atoms with van der Waals surface area (Å²) >= 11 is 0. The average molecular weight is 324 g/mol. The summed E-state index contributed by atoms with van der Waals surface area (Å²) in [6.45, 7) is -0.0799. The van der Waals surface area contributed by atoms with Gasteiger partial charge in [-0.05, 0) is 30.3 Å². The van der Waals surface area contributed by atoms with Gasteiger partial charge in [-0.1, -0.05) is 12.1 Å². The topological polar surface area (TPSA) is 50.4 Å². The molecule has 122 valence electrons. The number of nitrogens with one attached hydrogen (secondary N) is 2. The number of halogens is 3. The molecule has 4 nitrogen and oxygen atoms in total. The lowest BCUT2D eigenvalue weighted by atomic mass is 10.2. The molecule has 0 spiro atoms. The van der Waals surface area contributed by atoms with E-state index in [1.807, 2.05) is 0 Å². The first-order chi connectivity index (χ1) is 10.9. The molecule has 0 bridgehead atoms. The number of hydrogen-bond acceptors (Lipinski definition) is 3. The van der Waals surface area contributed by atoms with E-state index in [1.54, 1.807) is 24.3 Å². The second kappa shape index (κ2) is 7.04. The van der Waals surface area contributed by atoms with Crippen LogP contribution in [0.3, 0.4) is 0 Å². The number of ether oxygens (including phenoxy) is 1. The van der Waals surface area contributed by atoms with Crippen LogP contribution in [0.15, 0.2) is 48.5 Å². The lowest BCUT2D eigenvalue weighted by molar-refractivity contribution is -0.137. The first kappa shape index (κ1) is 16.7. The van der Waals surface area contributed by atoms with Crippen LogP contribution >= 0.6 is 0 Å². The van der Waals surface area contributed by atoms with Crippen molar-refractivity contribution in [1.29, 1.82) is 0 Å². The zero-order valence-corrected chi connectivity index (χ0v) is 12.3. The highest BCUT2D eigenvalue weighted by atomic mass is 19.4. The summed E-state index contributed by atoms with van der Waals surface area (Å²) < 4.78 is 42.9. The number of methoxy groups -OCH3 is 1. The van der Waals surface area contributed by atoms with Crippen LogP contribution < -0.4 is 15.4 Å². The van der Waals surface area contributed by atoms with Gasteiger partial charge in [0.15, 0.2) is 0 Å². The molecule has 0 radical (unpaired) electrons. The maximum atomic E-state index is 12.6. The van der Waals surface area contributed by atoms with Gasteiger partial charge in [0.05, 0.1) is 19.2 Å². The Kier molecular flexibility index (Phi) is 5.10. The molecule has 2 rings (SSSR count). The maximum absolute atomic E-state index is 12.6. The predicted octanol–water partition coefficient (Wildman–Crippen LogP) is 3.76. The zero-order valence-electron chi connectivity index (χ0n) is 12.3. The van der Waals surface area contributed by atoms with E-state index >= 15 is 0 Å². The Morgan fingerprint density at radius 3 is 2.48 bits per heavy atom. The summed E-state index contributed by atoms with van der Waals surface area (Å²) in [6.07, 6.45) is -4.44. The summed E-state index contributed by atoms with van der Waals surface area (Å²) in [5, 5.41) is 5.29. The van der Waals surface area contributed by atoms with Crippen molar-refractivity contribution in [1.82, 2.24) is 0 Å². The number of amides is 1. The lowest BCUT2D eigenvalue weighted by Crippen LogP contribution is -2.22. The fourth-order valence-electron chi connectivity index (χ4n) is 1.89. The van der Waals surface area contributed by atoms with Crippen molar-refractivity contribution in [3.63, 3.8) is 0 Å². The van der Waals surface area contributed by atoms with Crippen LogP contribution in [0.5, 0.6) is 5.75 Å². The molecule has 7 heteroatoms. The number of benzene rings is 2. The Balaban J connectivity index is 1.94. The van der Waals surface area contributed by atoms with Gasteiger partial charge in [0.2, 0.25) is 5.91 Å². The quantitative estimate of drug-likeness (QED) is 0.880. The van der Waals surface area contributed by atoms with Crippen LogP contribution in [0.2, 0.25) is 0 Å². The fraction of sp³-hybridized carbons (Fsp3) is 0.188. The molecule has 0 fully saturated rings. The third-order valence-corrected chi connectivity index (χ3v) is 3.00. The smallest absolute Gasteiger partial charge is 0.416 e. The molecular formula is C16H15F3N2O2. The Hall–Kier alpha value is -2.70. The highest BCUT2D eigenvalue weighted by Crippen LogP contribution is 2.30. The van der Waals surface area contributed by atoms with Gasteiger partial charge in [-0.15, -0.1) is 0 Å². The van der Waals surface area contributed by atoms with Gasteiger partial charge in [-0.2, -0.15) is 13.2 Å².